The van der Waals surface area contributed by atoms with Crippen molar-refractivity contribution in [2.45, 2.75) is 43.2 Å². The Morgan fingerprint density at radius 2 is 1.77 bits per heavy atom. The summed E-state index contributed by atoms with van der Waals surface area (Å²) < 4.78 is 26.7. The van der Waals surface area contributed by atoms with Crippen LogP contribution in [0.25, 0.3) is 0 Å². The van der Waals surface area contributed by atoms with Crippen molar-refractivity contribution in [1.29, 1.82) is 0 Å². The second kappa shape index (κ2) is 8.87. The first-order valence-electron chi connectivity index (χ1n) is 10.2. The van der Waals surface area contributed by atoms with Crippen LogP contribution < -0.4 is 5.32 Å². The van der Waals surface area contributed by atoms with Crippen LogP contribution in [0.1, 0.15) is 40.9 Å². The van der Waals surface area contributed by atoms with Crippen molar-refractivity contribution in [3.8, 4) is 0 Å². The molecule has 2 aliphatic heterocycles. The fourth-order valence-electron chi connectivity index (χ4n) is 3.99. The van der Waals surface area contributed by atoms with Gasteiger partial charge in [-0.05, 0) is 54.8 Å². The van der Waals surface area contributed by atoms with Crippen molar-refractivity contribution >= 4 is 33.2 Å². The van der Waals surface area contributed by atoms with E-state index in [0.717, 1.165) is 24.8 Å². The van der Waals surface area contributed by atoms with Crippen molar-refractivity contribution in [3.05, 3.63) is 52.2 Å². The van der Waals surface area contributed by atoms with Gasteiger partial charge in [-0.15, -0.1) is 11.3 Å². The summed E-state index contributed by atoms with van der Waals surface area (Å²) in [6, 6.07) is 9.79. The molecule has 3 heterocycles. The maximum Gasteiger partial charge on any atom is 0.264 e. The summed E-state index contributed by atoms with van der Waals surface area (Å²) in [6.45, 7) is 2.02. The first-order chi connectivity index (χ1) is 14.5. The number of hydrogen-bond donors (Lipinski definition) is 1. The first kappa shape index (κ1) is 21.0. The highest BCUT2D eigenvalue weighted by atomic mass is 32.2. The van der Waals surface area contributed by atoms with Crippen LogP contribution in [0.5, 0.6) is 0 Å². The van der Waals surface area contributed by atoms with E-state index in [1.807, 2.05) is 11.4 Å². The predicted octanol–water partition coefficient (Wildman–Crippen LogP) is 2.45. The Kier molecular flexibility index (Phi) is 6.21. The summed E-state index contributed by atoms with van der Waals surface area (Å²) >= 11 is 1.38. The molecule has 0 unspecified atom stereocenters. The van der Waals surface area contributed by atoms with E-state index in [1.54, 1.807) is 35.2 Å². The molecule has 160 valence electrons. The number of likely N-dealkylation sites (tertiary alicyclic amines) is 1. The van der Waals surface area contributed by atoms with Crippen LogP contribution in [0.15, 0.2) is 46.7 Å². The van der Waals surface area contributed by atoms with E-state index in [2.05, 4.69) is 5.32 Å². The molecule has 0 aliphatic carbocycles. The lowest BCUT2D eigenvalue weighted by Crippen LogP contribution is -2.45. The van der Waals surface area contributed by atoms with Gasteiger partial charge in [0, 0.05) is 26.2 Å². The van der Waals surface area contributed by atoms with E-state index >= 15 is 0 Å². The zero-order valence-corrected chi connectivity index (χ0v) is 18.3. The number of benzene rings is 1. The summed E-state index contributed by atoms with van der Waals surface area (Å²) in [5, 5.41) is 4.75. The van der Waals surface area contributed by atoms with Crippen LogP contribution in [0.2, 0.25) is 0 Å². The maximum atomic E-state index is 12.7. The molecule has 0 spiro atoms. The highest BCUT2D eigenvalue weighted by Crippen LogP contribution is 2.23. The van der Waals surface area contributed by atoms with Crippen LogP contribution >= 0.6 is 11.3 Å². The molecule has 4 rings (SSSR count). The molecule has 1 atom stereocenters. The van der Waals surface area contributed by atoms with Crippen molar-refractivity contribution < 1.29 is 18.0 Å². The van der Waals surface area contributed by atoms with Gasteiger partial charge in [0.15, 0.2) is 0 Å². The Bertz CT molecular complexity index is 997. The van der Waals surface area contributed by atoms with Gasteiger partial charge in [0.05, 0.1) is 9.77 Å². The van der Waals surface area contributed by atoms with E-state index in [0.29, 0.717) is 37.5 Å². The smallest absolute Gasteiger partial charge is 0.264 e. The Balaban J connectivity index is 1.36. The van der Waals surface area contributed by atoms with E-state index in [1.165, 1.54) is 15.6 Å². The van der Waals surface area contributed by atoms with Gasteiger partial charge < -0.3 is 10.2 Å². The van der Waals surface area contributed by atoms with Gasteiger partial charge in [-0.3, -0.25) is 9.59 Å². The standard InChI is InChI=1S/C21H25N3O4S2/c25-20(18-5-3-13-24(18)21(26)19-6-4-14-29-19)22-15-16-7-9-17(10-8-16)30(27,28)23-11-1-2-12-23/h4,6-10,14,18H,1-3,5,11-13,15H2,(H,22,25)/t18-/m0/s1. The maximum absolute atomic E-state index is 12.7. The van der Waals surface area contributed by atoms with E-state index in [-0.39, 0.29) is 16.7 Å². The average Bonchev–Trinajstić information content (AvgIpc) is 3.53. The van der Waals surface area contributed by atoms with Gasteiger partial charge in [-0.1, -0.05) is 18.2 Å². The average molecular weight is 448 g/mol. The summed E-state index contributed by atoms with van der Waals surface area (Å²) in [5.41, 5.74) is 0.817. The van der Waals surface area contributed by atoms with Crippen LogP contribution in [-0.4, -0.2) is 55.1 Å². The molecule has 0 bridgehead atoms. The molecule has 2 amide bonds. The number of sulfonamides is 1. The molecule has 1 aromatic heterocycles. The Morgan fingerprint density at radius 1 is 1.03 bits per heavy atom. The molecule has 1 N–H and O–H groups in total. The highest BCUT2D eigenvalue weighted by molar-refractivity contribution is 7.89. The number of nitrogens with one attached hydrogen (secondary N) is 1. The molecule has 0 radical (unpaired) electrons. The largest absolute Gasteiger partial charge is 0.350 e. The molecule has 1 aromatic carbocycles. The van der Waals surface area contributed by atoms with Gasteiger partial charge in [0.1, 0.15) is 6.04 Å². The van der Waals surface area contributed by atoms with Gasteiger partial charge in [0.25, 0.3) is 5.91 Å². The lowest BCUT2D eigenvalue weighted by molar-refractivity contribution is -0.125. The van der Waals surface area contributed by atoms with Crippen molar-refractivity contribution in [2.75, 3.05) is 19.6 Å². The number of amides is 2. The van der Waals surface area contributed by atoms with Crippen LogP contribution in [-0.2, 0) is 21.4 Å². The fourth-order valence-corrected chi connectivity index (χ4v) is 6.18. The number of rotatable bonds is 6. The second-order valence-corrected chi connectivity index (χ2v) is 10.5. The van der Waals surface area contributed by atoms with Gasteiger partial charge in [-0.2, -0.15) is 4.31 Å². The molecule has 0 saturated carbocycles. The minimum Gasteiger partial charge on any atom is -0.350 e. The molecular weight excluding hydrogens is 422 g/mol. The number of carbonyl (C=O) groups is 2. The topological polar surface area (TPSA) is 86.8 Å². The van der Waals surface area contributed by atoms with Crippen LogP contribution in [0.3, 0.4) is 0 Å². The van der Waals surface area contributed by atoms with Gasteiger partial charge in [-0.25, -0.2) is 8.42 Å². The third-order valence-corrected chi connectivity index (χ3v) is 8.41. The van der Waals surface area contributed by atoms with Crippen molar-refractivity contribution in [2.24, 2.45) is 0 Å². The van der Waals surface area contributed by atoms with Crippen molar-refractivity contribution in [1.82, 2.24) is 14.5 Å². The van der Waals surface area contributed by atoms with Crippen molar-refractivity contribution in [3.63, 3.8) is 0 Å². The first-order valence-corrected chi connectivity index (χ1v) is 12.5. The third kappa shape index (κ3) is 4.28. The lowest BCUT2D eigenvalue weighted by Gasteiger charge is -2.23. The molecule has 30 heavy (non-hydrogen) atoms. The Labute approximate surface area is 180 Å². The molecule has 2 fully saturated rings. The van der Waals surface area contributed by atoms with Gasteiger partial charge in [0.2, 0.25) is 15.9 Å². The zero-order valence-electron chi connectivity index (χ0n) is 16.6. The van der Waals surface area contributed by atoms with Gasteiger partial charge >= 0.3 is 0 Å². The summed E-state index contributed by atoms with van der Waals surface area (Å²) in [7, 11) is -3.44. The van der Waals surface area contributed by atoms with E-state index < -0.39 is 16.1 Å². The SMILES string of the molecule is O=C(NCc1ccc(S(=O)(=O)N2CCCC2)cc1)[C@@H]1CCCN1C(=O)c1cccs1. The highest BCUT2D eigenvalue weighted by Gasteiger charge is 2.34. The number of carbonyl (C=O) groups excluding carboxylic acids is 2. The molecule has 2 aromatic rings. The molecular formula is C21H25N3O4S2. The predicted molar refractivity (Wildman–Crippen MR) is 115 cm³/mol. The van der Waals surface area contributed by atoms with E-state index in [4.69, 9.17) is 0 Å². The number of nitrogens with zero attached hydrogens (tertiary/aromatic N) is 2. The quantitative estimate of drug-likeness (QED) is 0.737. The van der Waals surface area contributed by atoms with Crippen LogP contribution in [0, 0.1) is 0 Å². The summed E-state index contributed by atoms with van der Waals surface area (Å²) in [6.07, 6.45) is 3.25. The molecule has 9 heteroatoms. The Morgan fingerprint density at radius 3 is 2.43 bits per heavy atom. The minimum absolute atomic E-state index is 0.0980. The lowest BCUT2D eigenvalue weighted by atomic mass is 10.2. The second-order valence-electron chi connectivity index (χ2n) is 7.61. The number of thiophene rings is 1. The summed E-state index contributed by atoms with van der Waals surface area (Å²) in [5.74, 6) is -0.273. The fraction of sp³-hybridized carbons (Fsp3) is 0.429. The summed E-state index contributed by atoms with van der Waals surface area (Å²) in [4.78, 5) is 27.9. The molecule has 2 aliphatic rings. The molecule has 2 saturated heterocycles. The minimum atomic E-state index is -3.44. The number of hydrogen-bond acceptors (Lipinski definition) is 5. The Hall–Kier alpha value is -2.23. The van der Waals surface area contributed by atoms with Crippen LogP contribution in [0.4, 0.5) is 0 Å². The zero-order chi connectivity index (χ0) is 21.1. The third-order valence-electron chi connectivity index (χ3n) is 5.64. The normalized spacial score (nSPS) is 19.9. The monoisotopic (exact) mass is 447 g/mol. The molecule has 7 nitrogen and oxygen atoms in total. The van der Waals surface area contributed by atoms with E-state index in [9.17, 15) is 18.0 Å².